The van der Waals surface area contributed by atoms with Crippen LogP contribution in [0.15, 0.2) is 0 Å². The summed E-state index contributed by atoms with van der Waals surface area (Å²) in [6.07, 6.45) is 4.53. The number of hydrogen-bond donors (Lipinski definition) is 1. The van der Waals surface area contributed by atoms with Crippen LogP contribution in [-0.2, 0) is 9.53 Å². The molecule has 0 saturated carbocycles. The Morgan fingerprint density at radius 1 is 1.29 bits per heavy atom. The molecule has 0 aliphatic carbocycles. The Hall–Kier alpha value is -0.650. The maximum atomic E-state index is 11.9. The van der Waals surface area contributed by atoms with E-state index in [-0.39, 0.29) is 12.0 Å². The van der Waals surface area contributed by atoms with Gasteiger partial charge in [0.2, 0.25) is 0 Å². The third-order valence-electron chi connectivity index (χ3n) is 4.01. The summed E-state index contributed by atoms with van der Waals surface area (Å²) in [5.41, 5.74) is 0. The standard InChI is InChI=1S/C16H33N3O2/c1-4-9-17-15(16(20)21-5-2)8-12-18(3)13-14-19-10-6-7-11-19/h15,17H,4-14H2,1-3H3. The highest BCUT2D eigenvalue weighted by atomic mass is 16.5. The molecule has 21 heavy (non-hydrogen) atoms. The first kappa shape index (κ1) is 18.4. The quantitative estimate of drug-likeness (QED) is 0.583. The highest BCUT2D eigenvalue weighted by Crippen LogP contribution is 2.06. The molecule has 1 N–H and O–H groups in total. The molecule has 1 heterocycles. The maximum Gasteiger partial charge on any atom is 0.323 e. The summed E-state index contributed by atoms with van der Waals surface area (Å²) >= 11 is 0. The maximum absolute atomic E-state index is 11.9. The molecule has 1 aliphatic rings. The van der Waals surface area contributed by atoms with E-state index in [1.54, 1.807) is 0 Å². The van der Waals surface area contributed by atoms with E-state index in [2.05, 4.69) is 29.1 Å². The highest BCUT2D eigenvalue weighted by molar-refractivity contribution is 5.75. The SMILES string of the molecule is CCCNC(CCN(C)CCN1CCCC1)C(=O)OCC. The van der Waals surface area contributed by atoms with Gasteiger partial charge in [-0.1, -0.05) is 6.92 Å². The van der Waals surface area contributed by atoms with Crippen LogP contribution in [0, 0.1) is 0 Å². The lowest BCUT2D eigenvalue weighted by atomic mass is 10.2. The predicted octanol–water partition coefficient (Wildman–Crippen LogP) is 1.34. The van der Waals surface area contributed by atoms with Crippen molar-refractivity contribution in [1.82, 2.24) is 15.1 Å². The molecule has 0 radical (unpaired) electrons. The van der Waals surface area contributed by atoms with E-state index in [4.69, 9.17) is 4.74 Å². The Balaban J connectivity index is 2.24. The normalized spacial score (nSPS) is 17.3. The number of ether oxygens (including phenoxy) is 1. The predicted molar refractivity (Wildman–Crippen MR) is 86.5 cm³/mol. The summed E-state index contributed by atoms with van der Waals surface area (Å²) in [6.45, 7) is 10.9. The lowest BCUT2D eigenvalue weighted by Crippen LogP contribution is -2.41. The van der Waals surface area contributed by atoms with E-state index in [1.165, 1.54) is 25.9 Å². The minimum absolute atomic E-state index is 0.112. The molecule has 0 aromatic rings. The van der Waals surface area contributed by atoms with Crippen molar-refractivity contribution < 1.29 is 9.53 Å². The van der Waals surface area contributed by atoms with Crippen molar-refractivity contribution in [2.24, 2.45) is 0 Å². The van der Waals surface area contributed by atoms with E-state index in [9.17, 15) is 4.79 Å². The van der Waals surface area contributed by atoms with Crippen LogP contribution in [-0.4, -0.2) is 74.7 Å². The molecule has 0 spiro atoms. The number of hydrogen-bond acceptors (Lipinski definition) is 5. The fourth-order valence-corrected chi connectivity index (χ4v) is 2.64. The van der Waals surface area contributed by atoms with Crippen LogP contribution in [0.2, 0.25) is 0 Å². The van der Waals surface area contributed by atoms with E-state index in [0.29, 0.717) is 6.61 Å². The van der Waals surface area contributed by atoms with E-state index in [0.717, 1.165) is 39.0 Å². The van der Waals surface area contributed by atoms with Gasteiger partial charge >= 0.3 is 5.97 Å². The van der Waals surface area contributed by atoms with Crippen LogP contribution in [0.3, 0.4) is 0 Å². The third kappa shape index (κ3) is 7.79. The molecule has 0 bridgehead atoms. The van der Waals surface area contributed by atoms with Crippen molar-refractivity contribution in [3.05, 3.63) is 0 Å². The summed E-state index contributed by atoms with van der Waals surface area (Å²) in [5.74, 6) is -0.112. The van der Waals surface area contributed by atoms with Gasteiger partial charge in [-0.2, -0.15) is 0 Å². The smallest absolute Gasteiger partial charge is 0.323 e. The summed E-state index contributed by atoms with van der Waals surface area (Å²) in [7, 11) is 2.14. The van der Waals surface area contributed by atoms with Crippen molar-refractivity contribution in [3.63, 3.8) is 0 Å². The van der Waals surface area contributed by atoms with Gasteiger partial charge in [0.25, 0.3) is 0 Å². The molecular weight excluding hydrogens is 266 g/mol. The monoisotopic (exact) mass is 299 g/mol. The van der Waals surface area contributed by atoms with Crippen LogP contribution in [0.4, 0.5) is 0 Å². The molecule has 1 aliphatic heterocycles. The van der Waals surface area contributed by atoms with Gasteiger partial charge in [0.1, 0.15) is 6.04 Å². The average molecular weight is 299 g/mol. The Labute approximate surface area is 130 Å². The number of likely N-dealkylation sites (N-methyl/N-ethyl adjacent to an activating group) is 1. The Kier molecular flexibility index (Phi) is 9.63. The second-order valence-corrected chi connectivity index (χ2v) is 5.90. The number of carbonyl (C=O) groups excluding carboxylic acids is 1. The summed E-state index contributed by atoms with van der Waals surface area (Å²) < 4.78 is 5.15. The van der Waals surface area contributed by atoms with Crippen molar-refractivity contribution in [1.29, 1.82) is 0 Å². The largest absolute Gasteiger partial charge is 0.465 e. The van der Waals surface area contributed by atoms with Gasteiger partial charge in [0.15, 0.2) is 0 Å². The number of carbonyl (C=O) groups is 1. The fraction of sp³-hybridized carbons (Fsp3) is 0.938. The molecule has 1 atom stereocenters. The van der Waals surface area contributed by atoms with Gasteiger partial charge in [-0.05, 0) is 65.8 Å². The van der Waals surface area contributed by atoms with Crippen LogP contribution in [0.1, 0.15) is 39.5 Å². The Bertz CT molecular complexity index is 281. The summed E-state index contributed by atoms with van der Waals surface area (Å²) in [6, 6.07) is -0.167. The second kappa shape index (κ2) is 11.0. The summed E-state index contributed by atoms with van der Waals surface area (Å²) in [5, 5.41) is 3.29. The highest BCUT2D eigenvalue weighted by Gasteiger charge is 2.19. The van der Waals surface area contributed by atoms with E-state index in [1.807, 2.05) is 6.92 Å². The topological polar surface area (TPSA) is 44.8 Å². The molecule has 5 heteroatoms. The van der Waals surface area contributed by atoms with E-state index < -0.39 is 0 Å². The zero-order valence-corrected chi connectivity index (χ0v) is 14.1. The third-order valence-corrected chi connectivity index (χ3v) is 4.01. The van der Waals surface area contributed by atoms with Crippen molar-refractivity contribution in [2.75, 3.05) is 52.9 Å². The van der Waals surface area contributed by atoms with Crippen LogP contribution in [0.5, 0.6) is 0 Å². The van der Waals surface area contributed by atoms with Crippen LogP contribution >= 0.6 is 0 Å². The number of nitrogens with zero attached hydrogens (tertiary/aromatic N) is 2. The first-order chi connectivity index (χ1) is 10.2. The van der Waals surface area contributed by atoms with Crippen molar-refractivity contribution >= 4 is 5.97 Å². The van der Waals surface area contributed by atoms with Gasteiger partial charge < -0.3 is 19.9 Å². The summed E-state index contributed by atoms with van der Waals surface area (Å²) in [4.78, 5) is 16.8. The average Bonchev–Trinajstić information content (AvgIpc) is 2.98. The molecular formula is C16H33N3O2. The van der Waals surface area contributed by atoms with Gasteiger partial charge in [0, 0.05) is 13.1 Å². The fourth-order valence-electron chi connectivity index (χ4n) is 2.64. The molecule has 0 aromatic heterocycles. The number of rotatable bonds is 11. The van der Waals surface area contributed by atoms with Crippen molar-refractivity contribution in [3.8, 4) is 0 Å². The zero-order valence-electron chi connectivity index (χ0n) is 14.1. The molecule has 0 aromatic carbocycles. The number of esters is 1. The molecule has 124 valence electrons. The van der Waals surface area contributed by atoms with Gasteiger partial charge in [-0.25, -0.2) is 0 Å². The minimum Gasteiger partial charge on any atom is -0.465 e. The first-order valence-corrected chi connectivity index (χ1v) is 8.48. The van der Waals surface area contributed by atoms with Crippen LogP contribution in [0.25, 0.3) is 0 Å². The Morgan fingerprint density at radius 3 is 2.62 bits per heavy atom. The van der Waals surface area contributed by atoms with Gasteiger partial charge in [-0.15, -0.1) is 0 Å². The van der Waals surface area contributed by atoms with Gasteiger partial charge in [-0.3, -0.25) is 4.79 Å². The molecule has 0 amide bonds. The number of nitrogens with one attached hydrogen (secondary N) is 1. The molecule has 1 fully saturated rings. The minimum atomic E-state index is -0.167. The Morgan fingerprint density at radius 2 is 2.00 bits per heavy atom. The lowest BCUT2D eigenvalue weighted by Gasteiger charge is -2.23. The van der Waals surface area contributed by atoms with Gasteiger partial charge in [0.05, 0.1) is 6.61 Å². The molecule has 1 saturated heterocycles. The zero-order chi connectivity index (χ0) is 15.5. The molecule has 5 nitrogen and oxygen atoms in total. The van der Waals surface area contributed by atoms with Crippen LogP contribution < -0.4 is 5.32 Å². The van der Waals surface area contributed by atoms with Crippen molar-refractivity contribution in [2.45, 2.75) is 45.6 Å². The number of likely N-dealkylation sites (tertiary alicyclic amines) is 1. The van der Waals surface area contributed by atoms with E-state index >= 15 is 0 Å². The molecule has 1 rings (SSSR count). The molecule has 1 unspecified atom stereocenters. The lowest BCUT2D eigenvalue weighted by molar-refractivity contribution is -0.145. The first-order valence-electron chi connectivity index (χ1n) is 8.48. The second-order valence-electron chi connectivity index (χ2n) is 5.90.